The van der Waals surface area contributed by atoms with Crippen molar-refractivity contribution in [3.63, 3.8) is 0 Å². The minimum atomic E-state index is -0.115. The van der Waals surface area contributed by atoms with E-state index in [1.807, 2.05) is 0 Å². The van der Waals surface area contributed by atoms with Gasteiger partial charge in [0.05, 0.1) is 5.84 Å². The van der Waals surface area contributed by atoms with Crippen LogP contribution in [0.1, 0.15) is 23.0 Å². The minimum absolute atomic E-state index is 0.115. The number of rotatable bonds is 4. The molecule has 1 aromatic heterocycles. The van der Waals surface area contributed by atoms with Gasteiger partial charge in [0.2, 0.25) is 5.13 Å². The lowest BCUT2D eigenvalue weighted by Gasteiger charge is -2.01. The average molecular weight is 328 g/mol. The normalized spacial score (nSPS) is 11.7. The molecule has 0 aliphatic rings. The molecule has 1 aromatic carbocycles. The summed E-state index contributed by atoms with van der Waals surface area (Å²) >= 11 is 13.1. The number of carbonyl (C=O) groups excluding carboxylic acids is 1. The number of nitrogens with two attached hydrogens (primary N) is 1. The highest BCUT2D eigenvalue weighted by atomic mass is 35.5. The van der Waals surface area contributed by atoms with E-state index in [9.17, 15) is 4.79 Å². The van der Waals surface area contributed by atoms with E-state index < -0.39 is 0 Å². The van der Waals surface area contributed by atoms with Crippen LogP contribution in [0.25, 0.3) is 0 Å². The second kappa shape index (κ2) is 6.35. The first-order valence-corrected chi connectivity index (χ1v) is 7.32. The predicted molar refractivity (Wildman–Crippen MR) is 83.6 cm³/mol. The molecule has 0 bridgehead atoms. The molecular weight excluding hydrogens is 317 g/mol. The first-order valence-electron chi connectivity index (χ1n) is 5.68. The van der Waals surface area contributed by atoms with Gasteiger partial charge in [-0.25, -0.2) is 9.98 Å². The van der Waals surface area contributed by atoms with Gasteiger partial charge in [-0.2, -0.15) is 0 Å². The highest BCUT2D eigenvalue weighted by Gasteiger charge is 2.12. The van der Waals surface area contributed by atoms with Crippen LogP contribution in [-0.4, -0.2) is 16.6 Å². The van der Waals surface area contributed by atoms with Crippen LogP contribution in [0, 0.1) is 0 Å². The molecule has 2 N–H and O–H groups in total. The summed E-state index contributed by atoms with van der Waals surface area (Å²) in [5.74, 6) is 0.288. The molecule has 0 radical (unpaired) electrons. The van der Waals surface area contributed by atoms with Crippen LogP contribution in [0.15, 0.2) is 28.6 Å². The standard InChI is InChI=1S/C13H11Cl2N3OS/c1-7(16)17-13-18-11(6-20-13)12(19)4-8-2-9(14)5-10(15)3-8/h2-3,5-6H,4H2,1H3,(H2,16,17,18). The van der Waals surface area contributed by atoms with E-state index in [2.05, 4.69) is 9.98 Å². The highest BCUT2D eigenvalue weighted by Crippen LogP contribution is 2.22. The molecular formula is C13H11Cl2N3OS. The lowest BCUT2D eigenvalue weighted by molar-refractivity contribution is 0.0989. The fourth-order valence-corrected chi connectivity index (χ4v) is 2.90. The second-order valence-electron chi connectivity index (χ2n) is 4.15. The van der Waals surface area contributed by atoms with E-state index in [4.69, 9.17) is 28.9 Å². The van der Waals surface area contributed by atoms with Crippen molar-refractivity contribution >= 4 is 51.3 Å². The van der Waals surface area contributed by atoms with Crippen molar-refractivity contribution in [2.45, 2.75) is 13.3 Å². The summed E-state index contributed by atoms with van der Waals surface area (Å²) in [6.07, 6.45) is 0.189. The number of ketones is 1. The van der Waals surface area contributed by atoms with Gasteiger partial charge in [-0.1, -0.05) is 23.2 Å². The van der Waals surface area contributed by atoms with Crippen molar-refractivity contribution in [3.05, 3.63) is 44.9 Å². The van der Waals surface area contributed by atoms with Crippen LogP contribution in [0.4, 0.5) is 5.13 Å². The van der Waals surface area contributed by atoms with Crippen LogP contribution < -0.4 is 5.73 Å². The molecule has 0 amide bonds. The number of carbonyl (C=O) groups is 1. The smallest absolute Gasteiger partial charge is 0.211 e. The molecule has 0 aliphatic carbocycles. The molecule has 0 fully saturated rings. The number of hydrogen-bond donors (Lipinski definition) is 1. The third-order valence-electron chi connectivity index (χ3n) is 2.34. The van der Waals surface area contributed by atoms with Crippen LogP contribution in [-0.2, 0) is 6.42 Å². The Kier molecular flexibility index (Phi) is 4.75. The Bertz CT molecular complexity index is 658. The molecule has 0 atom stereocenters. The van der Waals surface area contributed by atoms with Gasteiger partial charge in [-0.05, 0) is 30.7 Å². The lowest BCUT2D eigenvalue weighted by Crippen LogP contribution is -2.05. The molecule has 1 heterocycles. The first kappa shape index (κ1) is 15.0. The van der Waals surface area contributed by atoms with E-state index in [1.54, 1.807) is 30.5 Å². The summed E-state index contributed by atoms with van der Waals surface area (Å²) in [5.41, 5.74) is 6.59. The highest BCUT2D eigenvalue weighted by molar-refractivity contribution is 7.13. The van der Waals surface area contributed by atoms with Crippen molar-refractivity contribution in [2.24, 2.45) is 10.7 Å². The van der Waals surface area contributed by atoms with Gasteiger partial charge in [0.15, 0.2) is 5.78 Å². The number of aliphatic imine (C=N–C) groups is 1. The SMILES string of the molecule is CC(N)=Nc1nc(C(=O)Cc2cc(Cl)cc(Cl)c2)cs1. The quantitative estimate of drug-likeness (QED) is 0.526. The van der Waals surface area contributed by atoms with Gasteiger partial charge < -0.3 is 5.73 Å². The molecule has 20 heavy (non-hydrogen) atoms. The fourth-order valence-electron chi connectivity index (χ4n) is 1.58. The Hall–Kier alpha value is -1.43. The predicted octanol–water partition coefficient (Wildman–Crippen LogP) is 3.88. The van der Waals surface area contributed by atoms with E-state index in [1.165, 1.54) is 11.3 Å². The van der Waals surface area contributed by atoms with Gasteiger partial charge in [0.1, 0.15) is 5.69 Å². The Balaban J connectivity index is 2.15. The van der Waals surface area contributed by atoms with Gasteiger partial charge in [-0.15, -0.1) is 11.3 Å². The van der Waals surface area contributed by atoms with Crippen molar-refractivity contribution in [1.82, 2.24) is 4.98 Å². The van der Waals surface area contributed by atoms with Crippen LogP contribution in [0.2, 0.25) is 10.0 Å². The Labute approximate surface area is 130 Å². The van der Waals surface area contributed by atoms with E-state index in [0.717, 1.165) is 5.56 Å². The van der Waals surface area contributed by atoms with Crippen molar-refractivity contribution in [3.8, 4) is 0 Å². The second-order valence-corrected chi connectivity index (χ2v) is 5.86. The minimum Gasteiger partial charge on any atom is -0.387 e. The molecule has 0 unspecified atom stereocenters. The van der Waals surface area contributed by atoms with Gasteiger partial charge >= 0.3 is 0 Å². The summed E-state index contributed by atoms with van der Waals surface area (Å²) in [5, 5.41) is 3.14. The topological polar surface area (TPSA) is 68.3 Å². The number of amidine groups is 1. The summed E-state index contributed by atoms with van der Waals surface area (Å²) in [6.45, 7) is 1.66. The molecule has 0 spiro atoms. The van der Waals surface area contributed by atoms with Crippen molar-refractivity contribution < 1.29 is 4.79 Å². The molecule has 7 heteroatoms. The maximum atomic E-state index is 12.1. The Morgan fingerprint density at radius 2 is 2.00 bits per heavy atom. The monoisotopic (exact) mass is 327 g/mol. The Morgan fingerprint density at radius 1 is 1.35 bits per heavy atom. The summed E-state index contributed by atoms with van der Waals surface area (Å²) in [4.78, 5) is 20.2. The first-order chi connectivity index (χ1) is 9.44. The van der Waals surface area contributed by atoms with Gasteiger partial charge in [-0.3, -0.25) is 4.79 Å². The lowest BCUT2D eigenvalue weighted by atomic mass is 10.1. The molecule has 2 rings (SSSR count). The van der Waals surface area contributed by atoms with Gasteiger partial charge in [0.25, 0.3) is 0 Å². The zero-order chi connectivity index (χ0) is 14.7. The fraction of sp³-hybridized carbons (Fsp3) is 0.154. The number of nitrogens with zero attached hydrogens (tertiary/aromatic N) is 2. The number of hydrogen-bond acceptors (Lipinski definition) is 4. The number of aromatic nitrogens is 1. The molecule has 0 aliphatic heterocycles. The zero-order valence-corrected chi connectivity index (χ0v) is 12.9. The number of Topliss-reactive ketones (excluding diaryl/α,β-unsaturated/α-hetero) is 1. The van der Waals surface area contributed by atoms with E-state index in [-0.39, 0.29) is 12.2 Å². The number of halogens is 2. The van der Waals surface area contributed by atoms with Crippen LogP contribution >= 0.6 is 34.5 Å². The number of benzene rings is 1. The molecule has 0 saturated heterocycles. The summed E-state index contributed by atoms with van der Waals surface area (Å²) in [7, 11) is 0. The third-order valence-corrected chi connectivity index (χ3v) is 3.51. The zero-order valence-electron chi connectivity index (χ0n) is 10.6. The maximum Gasteiger partial charge on any atom is 0.211 e. The average Bonchev–Trinajstić information content (AvgIpc) is 2.75. The number of thiazole rings is 1. The molecule has 2 aromatic rings. The van der Waals surface area contributed by atoms with Crippen LogP contribution in [0.5, 0.6) is 0 Å². The van der Waals surface area contributed by atoms with E-state index in [0.29, 0.717) is 26.7 Å². The van der Waals surface area contributed by atoms with Crippen molar-refractivity contribution in [2.75, 3.05) is 0 Å². The van der Waals surface area contributed by atoms with E-state index >= 15 is 0 Å². The maximum absolute atomic E-state index is 12.1. The van der Waals surface area contributed by atoms with Gasteiger partial charge in [0, 0.05) is 21.8 Å². The molecule has 0 saturated carbocycles. The largest absolute Gasteiger partial charge is 0.387 e. The molecule has 4 nitrogen and oxygen atoms in total. The van der Waals surface area contributed by atoms with Crippen molar-refractivity contribution in [1.29, 1.82) is 0 Å². The third kappa shape index (κ3) is 4.03. The molecule has 104 valence electrons. The van der Waals surface area contributed by atoms with Crippen LogP contribution in [0.3, 0.4) is 0 Å². The Morgan fingerprint density at radius 3 is 2.60 bits per heavy atom. The summed E-state index contributed by atoms with van der Waals surface area (Å²) in [6, 6.07) is 5.04. The summed E-state index contributed by atoms with van der Waals surface area (Å²) < 4.78 is 0.